The fourth-order valence-electron chi connectivity index (χ4n) is 4.51. The second-order valence-electron chi connectivity index (χ2n) is 8.75. The normalized spacial score (nSPS) is 31.4. The summed E-state index contributed by atoms with van der Waals surface area (Å²) >= 11 is 3.61. The lowest BCUT2D eigenvalue weighted by atomic mass is 9.65. The van der Waals surface area contributed by atoms with E-state index in [1.165, 1.54) is 11.1 Å². The minimum atomic E-state index is -1.25. The standard InChI is InChI=1S/C21H30BrNO2S/c1-6-14-12-21(10-9-18(14)25-5)13-15-7-8-16(22)11-17(15)19(21)23-26(24)20(2,3)4/h7-8,11,14,18H,6,9-10,12-13H2,1-5H3/t14-,18-,21-,26?/m1/s1. The van der Waals surface area contributed by atoms with Gasteiger partial charge in [0.25, 0.3) is 0 Å². The SMILES string of the molecule is CC[C@@H]1C[C@]2(CC[C@H]1OC)Cc1ccc(Br)cc1C2=NS(=O)C(C)(C)C. The summed E-state index contributed by atoms with van der Waals surface area (Å²) in [6.07, 6.45) is 5.60. The van der Waals surface area contributed by atoms with Crippen LogP contribution in [0.3, 0.4) is 0 Å². The fraction of sp³-hybridized carbons (Fsp3) is 0.667. The van der Waals surface area contributed by atoms with Gasteiger partial charge < -0.3 is 4.74 Å². The lowest BCUT2D eigenvalue weighted by Crippen LogP contribution is -2.41. The Balaban J connectivity index is 2.07. The highest BCUT2D eigenvalue weighted by Gasteiger charge is 2.49. The molecule has 1 fully saturated rings. The molecule has 1 spiro atoms. The van der Waals surface area contributed by atoms with Gasteiger partial charge in [-0.3, -0.25) is 0 Å². The maximum Gasteiger partial charge on any atom is 0.145 e. The molecule has 2 aliphatic rings. The lowest BCUT2D eigenvalue weighted by Gasteiger charge is -2.42. The summed E-state index contributed by atoms with van der Waals surface area (Å²) in [6, 6.07) is 6.47. The molecule has 5 heteroatoms. The van der Waals surface area contributed by atoms with Gasteiger partial charge in [0.2, 0.25) is 0 Å². The highest BCUT2D eigenvalue weighted by Crippen LogP contribution is 2.51. The molecule has 3 rings (SSSR count). The van der Waals surface area contributed by atoms with E-state index in [1.54, 1.807) is 0 Å². The third kappa shape index (κ3) is 3.72. The van der Waals surface area contributed by atoms with Crippen LogP contribution < -0.4 is 0 Å². The van der Waals surface area contributed by atoms with Crippen molar-refractivity contribution >= 4 is 32.6 Å². The molecule has 2 aliphatic carbocycles. The Morgan fingerprint density at radius 3 is 2.73 bits per heavy atom. The molecule has 1 unspecified atom stereocenters. The monoisotopic (exact) mass is 439 g/mol. The Bertz CT molecular complexity index is 740. The number of hydrogen-bond acceptors (Lipinski definition) is 2. The van der Waals surface area contributed by atoms with E-state index >= 15 is 0 Å². The van der Waals surface area contributed by atoms with Crippen molar-refractivity contribution in [2.45, 2.75) is 70.7 Å². The Morgan fingerprint density at radius 2 is 2.12 bits per heavy atom. The number of methoxy groups -OCH3 is 1. The molecular weight excluding hydrogens is 410 g/mol. The molecular formula is C21H30BrNO2S. The van der Waals surface area contributed by atoms with Gasteiger partial charge in [-0.2, -0.15) is 4.40 Å². The zero-order valence-electron chi connectivity index (χ0n) is 16.5. The van der Waals surface area contributed by atoms with Crippen LogP contribution in [0.4, 0.5) is 0 Å². The Kier molecular flexibility index (Phi) is 5.82. The quantitative estimate of drug-likeness (QED) is 0.625. The van der Waals surface area contributed by atoms with Crippen molar-refractivity contribution in [1.29, 1.82) is 0 Å². The molecule has 0 saturated heterocycles. The van der Waals surface area contributed by atoms with Gasteiger partial charge in [-0.15, -0.1) is 0 Å². The zero-order chi connectivity index (χ0) is 19.1. The van der Waals surface area contributed by atoms with Gasteiger partial charge in [0.15, 0.2) is 0 Å². The minimum absolute atomic E-state index is 0.000255. The van der Waals surface area contributed by atoms with Crippen LogP contribution in [0.1, 0.15) is 64.5 Å². The first-order valence-electron chi connectivity index (χ1n) is 9.53. The molecule has 1 saturated carbocycles. The van der Waals surface area contributed by atoms with Gasteiger partial charge in [-0.05, 0) is 70.1 Å². The average molecular weight is 440 g/mol. The van der Waals surface area contributed by atoms with Crippen LogP contribution in [-0.4, -0.2) is 27.9 Å². The molecule has 4 atom stereocenters. The van der Waals surface area contributed by atoms with E-state index in [0.717, 1.165) is 42.3 Å². The first-order valence-corrected chi connectivity index (χ1v) is 11.4. The third-order valence-corrected chi connectivity index (χ3v) is 7.86. The minimum Gasteiger partial charge on any atom is -0.381 e. The molecule has 144 valence electrons. The Labute approximate surface area is 168 Å². The number of hydrogen-bond donors (Lipinski definition) is 0. The number of benzene rings is 1. The summed E-state index contributed by atoms with van der Waals surface area (Å²) in [6.45, 7) is 8.23. The Morgan fingerprint density at radius 1 is 1.38 bits per heavy atom. The van der Waals surface area contributed by atoms with Gasteiger partial charge in [-0.25, -0.2) is 4.21 Å². The predicted molar refractivity (Wildman–Crippen MR) is 113 cm³/mol. The highest BCUT2D eigenvalue weighted by atomic mass is 79.9. The summed E-state index contributed by atoms with van der Waals surface area (Å²) in [7, 11) is 0.578. The maximum absolute atomic E-state index is 12.9. The second-order valence-corrected chi connectivity index (χ2v) is 11.6. The molecule has 0 amide bonds. The zero-order valence-corrected chi connectivity index (χ0v) is 18.9. The molecule has 0 radical (unpaired) electrons. The van der Waals surface area contributed by atoms with Crippen LogP contribution >= 0.6 is 15.9 Å². The number of rotatable bonds is 3. The molecule has 0 heterocycles. The molecule has 0 aromatic heterocycles. The van der Waals surface area contributed by atoms with Crippen LogP contribution in [0.15, 0.2) is 27.1 Å². The topological polar surface area (TPSA) is 38.7 Å². The maximum atomic E-state index is 12.9. The van der Waals surface area contributed by atoms with Crippen LogP contribution in [0.5, 0.6) is 0 Å². The molecule has 0 N–H and O–H groups in total. The van der Waals surface area contributed by atoms with Crippen LogP contribution in [0, 0.1) is 11.3 Å². The second kappa shape index (κ2) is 7.48. The summed E-state index contributed by atoms with van der Waals surface area (Å²) in [4.78, 5) is 0. The van der Waals surface area contributed by atoms with Gasteiger partial charge in [0, 0.05) is 22.6 Å². The number of nitrogens with zero attached hydrogens (tertiary/aromatic N) is 1. The smallest absolute Gasteiger partial charge is 0.145 e. The third-order valence-electron chi connectivity index (χ3n) is 5.97. The van der Waals surface area contributed by atoms with Crippen molar-refractivity contribution in [3.8, 4) is 0 Å². The molecule has 26 heavy (non-hydrogen) atoms. The lowest BCUT2D eigenvalue weighted by molar-refractivity contribution is -0.00383. The molecule has 0 bridgehead atoms. The number of fused-ring (bicyclic) bond motifs is 1. The van der Waals surface area contributed by atoms with Gasteiger partial charge in [-0.1, -0.05) is 35.3 Å². The number of halogens is 1. The van der Waals surface area contributed by atoms with E-state index < -0.39 is 11.0 Å². The van der Waals surface area contributed by atoms with Crippen molar-refractivity contribution in [2.75, 3.05) is 7.11 Å². The van der Waals surface area contributed by atoms with Crippen LogP contribution in [0.2, 0.25) is 0 Å². The van der Waals surface area contributed by atoms with Crippen molar-refractivity contribution < 1.29 is 8.95 Å². The van der Waals surface area contributed by atoms with E-state index in [4.69, 9.17) is 9.13 Å². The van der Waals surface area contributed by atoms with Crippen LogP contribution in [0.25, 0.3) is 0 Å². The first kappa shape index (κ1) is 20.2. The molecule has 1 aromatic rings. The summed E-state index contributed by atoms with van der Waals surface area (Å²) < 4.78 is 24.2. The first-order chi connectivity index (χ1) is 12.2. The average Bonchev–Trinajstić information content (AvgIpc) is 2.86. The van der Waals surface area contributed by atoms with Crippen molar-refractivity contribution in [3.63, 3.8) is 0 Å². The van der Waals surface area contributed by atoms with Gasteiger partial charge in [0.05, 0.1) is 16.6 Å². The van der Waals surface area contributed by atoms with Crippen molar-refractivity contribution in [2.24, 2.45) is 15.7 Å². The largest absolute Gasteiger partial charge is 0.381 e. The Hall–Kier alpha value is -0.520. The van der Waals surface area contributed by atoms with Gasteiger partial charge in [0.1, 0.15) is 11.0 Å². The highest BCUT2D eigenvalue weighted by molar-refractivity contribution is 9.10. The number of ether oxygens (including phenoxy) is 1. The van der Waals surface area contributed by atoms with Crippen molar-refractivity contribution in [3.05, 3.63) is 33.8 Å². The van der Waals surface area contributed by atoms with E-state index in [2.05, 4.69) is 41.1 Å². The molecule has 0 aliphatic heterocycles. The molecule has 3 nitrogen and oxygen atoms in total. The predicted octanol–water partition coefficient (Wildman–Crippen LogP) is 5.47. The molecule has 1 aromatic carbocycles. The van der Waals surface area contributed by atoms with E-state index in [-0.39, 0.29) is 10.2 Å². The van der Waals surface area contributed by atoms with Crippen LogP contribution in [-0.2, 0) is 22.1 Å². The van der Waals surface area contributed by atoms with Crippen molar-refractivity contribution in [1.82, 2.24) is 0 Å². The van der Waals surface area contributed by atoms with E-state index in [1.807, 2.05) is 27.9 Å². The summed E-state index contributed by atoms with van der Waals surface area (Å²) in [5, 5.41) is 0. The van der Waals surface area contributed by atoms with E-state index in [0.29, 0.717) is 12.0 Å². The fourth-order valence-corrected chi connectivity index (χ4v) is 5.60. The summed E-state index contributed by atoms with van der Waals surface area (Å²) in [5.41, 5.74) is 3.58. The van der Waals surface area contributed by atoms with Gasteiger partial charge >= 0.3 is 0 Å². The summed E-state index contributed by atoms with van der Waals surface area (Å²) in [5.74, 6) is 0.528. The van der Waals surface area contributed by atoms with E-state index in [9.17, 15) is 4.21 Å².